The Bertz CT molecular complexity index is 488. The third-order valence-corrected chi connectivity index (χ3v) is 3.68. The van der Waals surface area contributed by atoms with Crippen LogP contribution in [0, 0.1) is 0 Å². The molecule has 0 saturated carbocycles. The van der Waals surface area contributed by atoms with Gasteiger partial charge in [0.1, 0.15) is 0 Å². The number of halogens is 3. The van der Waals surface area contributed by atoms with E-state index >= 15 is 0 Å². The Hall–Kier alpha value is -1.67. The van der Waals surface area contributed by atoms with E-state index in [2.05, 4.69) is 10.3 Å². The molecule has 5 nitrogen and oxygen atoms in total. The summed E-state index contributed by atoms with van der Waals surface area (Å²) in [5.74, 6) is -1.42. The first kappa shape index (κ1) is 15.7. The minimum atomic E-state index is -4.81. The number of nitrogens with zero attached hydrogens (tertiary/aromatic N) is 2. The quantitative estimate of drug-likeness (QED) is 0.838. The zero-order valence-corrected chi connectivity index (χ0v) is 11.4. The fourth-order valence-electron chi connectivity index (χ4n) is 2.48. The lowest BCUT2D eigenvalue weighted by molar-refractivity contribution is -0.198. The maximum absolute atomic E-state index is 13.7. The van der Waals surface area contributed by atoms with Crippen LogP contribution in [-0.4, -0.2) is 54.7 Å². The van der Waals surface area contributed by atoms with Crippen molar-refractivity contribution in [1.82, 2.24) is 15.2 Å². The van der Waals surface area contributed by atoms with Gasteiger partial charge in [-0.25, -0.2) is 0 Å². The highest BCUT2D eigenvalue weighted by Gasteiger charge is 2.62. The number of hydrogen-bond donors (Lipinski definition) is 2. The summed E-state index contributed by atoms with van der Waals surface area (Å²) in [6.45, 7) is 1.50. The molecule has 0 aromatic carbocycles. The first-order valence-electron chi connectivity index (χ1n) is 6.59. The maximum Gasteiger partial charge on any atom is 0.409 e. The number of piperazine rings is 1. The van der Waals surface area contributed by atoms with Crippen LogP contribution in [0.2, 0.25) is 0 Å². The average molecular weight is 302 g/mol. The highest BCUT2D eigenvalue weighted by atomic mass is 19.4. The van der Waals surface area contributed by atoms with Gasteiger partial charge in [-0.15, -0.1) is 0 Å². The second-order valence-corrected chi connectivity index (χ2v) is 5.01. The normalized spacial score (nSPS) is 20.0. The maximum atomic E-state index is 13.7. The van der Waals surface area contributed by atoms with Crippen molar-refractivity contribution in [2.75, 3.05) is 32.7 Å². The second-order valence-electron chi connectivity index (χ2n) is 5.01. The number of primary amides is 1. The van der Waals surface area contributed by atoms with Crippen LogP contribution in [0.3, 0.4) is 0 Å². The van der Waals surface area contributed by atoms with Crippen LogP contribution in [0.5, 0.6) is 0 Å². The van der Waals surface area contributed by atoms with E-state index in [0.29, 0.717) is 26.2 Å². The molecule has 3 N–H and O–H groups in total. The highest BCUT2D eigenvalue weighted by Crippen LogP contribution is 2.41. The lowest BCUT2D eigenvalue weighted by Crippen LogP contribution is -2.61. The Balaban J connectivity index is 2.43. The smallest absolute Gasteiger partial charge is 0.369 e. The molecule has 2 heterocycles. The van der Waals surface area contributed by atoms with Gasteiger partial charge in [0.05, 0.1) is 5.69 Å². The molecule has 116 valence electrons. The zero-order chi connectivity index (χ0) is 15.5. The van der Waals surface area contributed by atoms with E-state index in [1.807, 2.05) is 0 Å². The van der Waals surface area contributed by atoms with Gasteiger partial charge in [-0.3, -0.25) is 14.7 Å². The van der Waals surface area contributed by atoms with Crippen molar-refractivity contribution in [2.45, 2.75) is 11.6 Å². The monoisotopic (exact) mass is 302 g/mol. The molecule has 2 rings (SSSR count). The number of aromatic nitrogens is 1. The molecule has 0 radical (unpaired) electrons. The highest BCUT2D eigenvalue weighted by molar-refractivity contribution is 5.87. The number of carbonyl (C=O) groups is 1. The SMILES string of the molecule is NC(=O)C(CN1CCNCC1)(c1ccccn1)C(F)(F)F. The number of pyridine rings is 1. The van der Waals surface area contributed by atoms with Gasteiger partial charge in [-0.1, -0.05) is 6.07 Å². The van der Waals surface area contributed by atoms with Gasteiger partial charge >= 0.3 is 6.18 Å². The van der Waals surface area contributed by atoms with Crippen LogP contribution >= 0.6 is 0 Å². The van der Waals surface area contributed by atoms with Gasteiger partial charge in [0.25, 0.3) is 0 Å². The van der Waals surface area contributed by atoms with E-state index in [1.54, 1.807) is 4.90 Å². The molecule has 1 aromatic rings. The van der Waals surface area contributed by atoms with Crippen LogP contribution in [0.25, 0.3) is 0 Å². The molecule has 0 bridgehead atoms. The average Bonchev–Trinajstić information content (AvgIpc) is 2.45. The summed E-state index contributed by atoms with van der Waals surface area (Å²) in [6.07, 6.45) is -3.57. The summed E-state index contributed by atoms with van der Waals surface area (Å²) in [5.41, 5.74) is 2.02. The number of hydrogen-bond acceptors (Lipinski definition) is 4. The standard InChI is InChI=1S/C13H17F3N4O/c14-13(15,16)12(11(17)21,10-3-1-2-4-19-10)9-20-7-5-18-6-8-20/h1-4,18H,5-9H2,(H2,17,21). The molecule has 1 unspecified atom stereocenters. The number of alkyl halides is 3. The third-order valence-electron chi connectivity index (χ3n) is 3.68. The minimum absolute atomic E-state index is 0.358. The molecule has 1 saturated heterocycles. The van der Waals surface area contributed by atoms with E-state index in [-0.39, 0.29) is 5.69 Å². The van der Waals surface area contributed by atoms with Crippen LogP contribution in [-0.2, 0) is 10.2 Å². The molecule has 21 heavy (non-hydrogen) atoms. The van der Waals surface area contributed by atoms with E-state index in [9.17, 15) is 18.0 Å². The molecule has 1 aliphatic heterocycles. The summed E-state index contributed by atoms with van der Waals surface area (Å²) >= 11 is 0. The van der Waals surface area contributed by atoms with E-state index in [0.717, 1.165) is 0 Å². The predicted octanol–water partition coefficient (Wildman–Crippen LogP) is 0.272. The number of rotatable bonds is 4. The molecule has 1 fully saturated rings. The van der Waals surface area contributed by atoms with Crippen molar-refractivity contribution in [3.05, 3.63) is 30.1 Å². The molecule has 1 aromatic heterocycles. The van der Waals surface area contributed by atoms with Crippen molar-refractivity contribution in [3.63, 3.8) is 0 Å². The van der Waals surface area contributed by atoms with Crippen molar-refractivity contribution >= 4 is 5.91 Å². The molecule has 8 heteroatoms. The number of carbonyl (C=O) groups excluding carboxylic acids is 1. The van der Waals surface area contributed by atoms with Crippen LogP contribution in [0.4, 0.5) is 13.2 Å². The molecule has 1 atom stereocenters. The molecule has 1 aliphatic rings. The predicted molar refractivity (Wildman–Crippen MR) is 70.5 cm³/mol. The third kappa shape index (κ3) is 3.01. The molecular formula is C13H17F3N4O. The van der Waals surface area contributed by atoms with Gasteiger partial charge in [0.2, 0.25) is 5.91 Å². The largest absolute Gasteiger partial charge is 0.409 e. The lowest BCUT2D eigenvalue weighted by atomic mass is 9.81. The number of amides is 1. The Morgan fingerprint density at radius 2 is 2.00 bits per heavy atom. The second kappa shape index (κ2) is 5.98. The molecule has 0 aliphatic carbocycles. The van der Waals surface area contributed by atoms with Crippen molar-refractivity contribution < 1.29 is 18.0 Å². The fourth-order valence-corrected chi connectivity index (χ4v) is 2.48. The van der Waals surface area contributed by atoms with Crippen molar-refractivity contribution in [2.24, 2.45) is 5.73 Å². The summed E-state index contributed by atoms with van der Waals surface area (Å²) < 4.78 is 41.1. The van der Waals surface area contributed by atoms with Gasteiger partial charge in [-0.2, -0.15) is 13.2 Å². The van der Waals surface area contributed by atoms with E-state index in [1.165, 1.54) is 24.4 Å². The van der Waals surface area contributed by atoms with Gasteiger partial charge in [0, 0.05) is 38.9 Å². The molecule has 0 spiro atoms. The summed E-state index contributed by atoms with van der Waals surface area (Å²) in [7, 11) is 0. The van der Waals surface area contributed by atoms with Gasteiger partial charge < -0.3 is 11.1 Å². The summed E-state index contributed by atoms with van der Waals surface area (Å²) in [5, 5.41) is 3.05. The topological polar surface area (TPSA) is 71.2 Å². The Kier molecular flexibility index (Phi) is 4.48. The van der Waals surface area contributed by atoms with Crippen LogP contribution in [0.1, 0.15) is 5.69 Å². The van der Waals surface area contributed by atoms with Gasteiger partial charge in [0.15, 0.2) is 5.41 Å². The Labute approximate surface area is 120 Å². The Morgan fingerprint density at radius 3 is 2.48 bits per heavy atom. The first-order chi connectivity index (χ1) is 9.88. The van der Waals surface area contributed by atoms with Gasteiger partial charge in [-0.05, 0) is 12.1 Å². The summed E-state index contributed by atoms with van der Waals surface area (Å²) in [4.78, 5) is 17.1. The number of nitrogens with two attached hydrogens (primary N) is 1. The molecular weight excluding hydrogens is 285 g/mol. The summed E-state index contributed by atoms with van der Waals surface area (Å²) in [6, 6.07) is 4.11. The number of nitrogens with one attached hydrogen (secondary N) is 1. The van der Waals surface area contributed by atoms with Crippen LogP contribution < -0.4 is 11.1 Å². The fraction of sp³-hybridized carbons (Fsp3) is 0.538. The zero-order valence-electron chi connectivity index (χ0n) is 11.4. The lowest BCUT2D eigenvalue weighted by Gasteiger charge is -2.38. The van der Waals surface area contributed by atoms with E-state index in [4.69, 9.17) is 5.73 Å². The van der Waals surface area contributed by atoms with Crippen LogP contribution in [0.15, 0.2) is 24.4 Å². The first-order valence-corrected chi connectivity index (χ1v) is 6.59. The van der Waals surface area contributed by atoms with E-state index < -0.39 is 24.0 Å². The minimum Gasteiger partial charge on any atom is -0.369 e. The Morgan fingerprint density at radius 1 is 1.33 bits per heavy atom. The van der Waals surface area contributed by atoms with Crippen molar-refractivity contribution in [3.8, 4) is 0 Å². The molecule has 1 amide bonds. The van der Waals surface area contributed by atoms with Crippen molar-refractivity contribution in [1.29, 1.82) is 0 Å².